The summed E-state index contributed by atoms with van der Waals surface area (Å²) in [5.74, 6) is 2.91. The van der Waals surface area contributed by atoms with Gasteiger partial charge in [0, 0.05) is 25.3 Å². The second-order valence-corrected chi connectivity index (χ2v) is 8.28. The van der Waals surface area contributed by atoms with Crippen LogP contribution in [0.2, 0.25) is 0 Å². The van der Waals surface area contributed by atoms with Gasteiger partial charge in [0.1, 0.15) is 0 Å². The third-order valence-corrected chi connectivity index (χ3v) is 5.88. The predicted molar refractivity (Wildman–Crippen MR) is 118 cm³/mol. The number of aromatic nitrogens is 4. The van der Waals surface area contributed by atoms with Gasteiger partial charge >= 0.3 is 0 Å². The lowest BCUT2D eigenvalue weighted by Crippen LogP contribution is -2.43. The summed E-state index contributed by atoms with van der Waals surface area (Å²) in [6.07, 6.45) is 1.80. The maximum absolute atomic E-state index is 12.8. The third-order valence-electron chi connectivity index (χ3n) is 5.88. The van der Waals surface area contributed by atoms with Crippen molar-refractivity contribution in [3.63, 3.8) is 0 Å². The normalized spacial score (nSPS) is 17.4. The fourth-order valence-corrected chi connectivity index (χ4v) is 4.24. The number of amides is 1. The van der Waals surface area contributed by atoms with Crippen LogP contribution in [0.25, 0.3) is 5.82 Å². The molecule has 166 valence electrons. The van der Waals surface area contributed by atoms with Crippen molar-refractivity contribution >= 4 is 11.7 Å². The molecule has 1 amide bonds. The zero-order valence-electron chi connectivity index (χ0n) is 18.2. The van der Waals surface area contributed by atoms with Gasteiger partial charge in [-0.15, -0.1) is 10.2 Å². The molecule has 2 aromatic heterocycles. The second kappa shape index (κ2) is 8.49. The minimum atomic E-state index is -0.0877. The van der Waals surface area contributed by atoms with E-state index in [1.807, 2.05) is 50.2 Å². The molecule has 1 fully saturated rings. The standard InChI is InChI=1S/C23H26N6O3/c1-15-10-16(2)29(27-15)22-8-7-21(25-26-22)28-9-3-4-18(13-28)23(30)24-12-17-5-6-19-20(11-17)32-14-31-19/h5-8,10-11,18H,3-4,9,12-14H2,1-2H3,(H,24,30). The number of benzene rings is 1. The van der Waals surface area contributed by atoms with Crippen LogP contribution in [0.5, 0.6) is 11.5 Å². The number of piperidine rings is 1. The molecule has 1 atom stereocenters. The molecule has 2 aliphatic rings. The average molecular weight is 435 g/mol. The molecule has 0 spiro atoms. The first kappa shape index (κ1) is 20.3. The summed E-state index contributed by atoms with van der Waals surface area (Å²) < 4.78 is 12.5. The number of nitrogens with zero attached hydrogens (tertiary/aromatic N) is 5. The van der Waals surface area contributed by atoms with Crippen molar-refractivity contribution in [3.05, 3.63) is 53.3 Å². The molecule has 0 radical (unpaired) electrons. The lowest BCUT2D eigenvalue weighted by molar-refractivity contribution is -0.125. The Morgan fingerprint density at radius 2 is 1.91 bits per heavy atom. The topological polar surface area (TPSA) is 94.4 Å². The Morgan fingerprint density at radius 3 is 2.69 bits per heavy atom. The number of anilines is 1. The highest BCUT2D eigenvalue weighted by molar-refractivity contribution is 5.79. The summed E-state index contributed by atoms with van der Waals surface area (Å²) in [6.45, 7) is 6.14. The molecule has 0 aliphatic carbocycles. The smallest absolute Gasteiger partial charge is 0.231 e. The number of aryl methyl sites for hydroxylation is 2. The van der Waals surface area contributed by atoms with Gasteiger partial charge in [-0.25, -0.2) is 4.68 Å². The van der Waals surface area contributed by atoms with Crippen LogP contribution in [0.4, 0.5) is 5.82 Å². The SMILES string of the molecule is Cc1cc(C)n(-c2ccc(N3CCCC(C(=O)NCc4ccc5c(c4)OCO5)C3)nn2)n1. The first-order chi connectivity index (χ1) is 15.6. The van der Waals surface area contributed by atoms with E-state index in [0.717, 1.165) is 53.7 Å². The van der Waals surface area contributed by atoms with Gasteiger partial charge in [-0.05, 0) is 62.6 Å². The highest BCUT2D eigenvalue weighted by atomic mass is 16.7. The second-order valence-electron chi connectivity index (χ2n) is 8.28. The van der Waals surface area contributed by atoms with Crippen LogP contribution in [0, 0.1) is 19.8 Å². The minimum absolute atomic E-state index is 0.0552. The highest BCUT2D eigenvalue weighted by Crippen LogP contribution is 2.32. The number of hydrogen-bond acceptors (Lipinski definition) is 7. The molecule has 1 aromatic carbocycles. The lowest BCUT2D eigenvalue weighted by atomic mass is 9.97. The Bertz CT molecular complexity index is 1130. The molecule has 0 saturated carbocycles. The van der Waals surface area contributed by atoms with Crippen molar-refractivity contribution in [3.8, 4) is 17.3 Å². The molecular formula is C23H26N6O3. The Morgan fingerprint density at radius 1 is 1.09 bits per heavy atom. The number of fused-ring (bicyclic) bond motifs is 1. The number of ether oxygens (including phenoxy) is 2. The zero-order valence-corrected chi connectivity index (χ0v) is 18.2. The third kappa shape index (κ3) is 4.10. The highest BCUT2D eigenvalue weighted by Gasteiger charge is 2.27. The van der Waals surface area contributed by atoms with Crippen LogP contribution < -0.4 is 19.7 Å². The van der Waals surface area contributed by atoms with Crippen LogP contribution in [0.3, 0.4) is 0 Å². The van der Waals surface area contributed by atoms with Crippen molar-refractivity contribution in [2.75, 3.05) is 24.8 Å². The van der Waals surface area contributed by atoms with Gasteiger partial charge < -0.3 is 19.7 Å². The van der Waals surface area contributed by atoms with Crippen molar-refractivity contribution in [1.29, 1.82) is 0 Å². The summed E-state index contributed by atoms with van der Waals surface area (Å²) in [4.78, 5) is 15.0. The molecule has 9 heteroatoms. The van der Waals surface area contributed by atoms with E-state index in [2.05, 4.69) is 25.5 Å². The Labute approximate surface area is 186 Å². The first-order valence-electron chi connectivity index (χ1n) is 10.9. The summed E-state index contributed by atoms with van der Waals surface area (Å²) >= 11 is 0. The molecule has 4 heterocycles. The molecular weight excluding hydrogens is 408 g/mol. The summed E-state index contributed by atoms with van der Waals surface area (Å²) in [5, 5.41) is 16.3. The molecule has 1 unspecified atom stereocenters. The van der Waals surface area contributed by atoms with E-state index >= 15 is 0 Å². The van der Waals surface area contributed by atoms with Crippen LogP contribution >= 0.6 is 0 Å². The van der Waals surface area contributed by atoms with E-state index in [1.54, 1.807) is 4.68 Å². The predicted octanol–water partition coefficient (Wildman–Crippen LogP) is 2.54. The molecule has 0 bridgehead atoms. The quantitative estimate of drug-likeness (QED) is 0.659. The van der Waals surface area contributed by atoms with Gasteiger partial charge in [0.2, 0.25) is 12.7 Å². The van der Waals surface area contributed by atoms with E-state index < -0.39 is 0 Å². The van der Waals surface area contributed by atoms with E-state index in [-0.39, 0.29) is 18.6 Å². The van der Waals surface area contributed by atoms with Crippen molar-refractivity contribution in [2.45, 2.75) is 33.2 Å². The number of hydrogen-bond donors (Lipinski definition) is 1. The van der Waals surface area contributed by atoms with Gasteiger partial charge in [-0.2, -0.15) is 5.10 Å². The number of carbonyl (C=O) groups is 1. The molecule has 3 aromatic rings. The number of nitrogens with one attached hydrogen (secondary N) is 1. The molecule has 32 heavy (non-hydrogen) atoms. The first-order valence-corrected chi connectivity index (χ1v) is 10.9. The Balaban J connectivity index is 1.20. The van der Waals surface area contributed by atoms with Gasteiger partial charge in [-0.1, -0.05) is 6.07 Å². The Hall–Kier alpha value is -3.62. The lowest BCUT2D eigenvalue weighted by Gasteiger charge is -2.32. The van der Waals surface area contributed by atoms with E-state index in [4.69, 9.17) is 9.47 Å². The molecule has 1 saturated heterocycles. The zero-order chi connectivity index (χ0) is 22.1. The van der Waals surface area contributed by atoms with Gasteiger partial charge in [0.05, 0.1) is 11.6 Å². The minimum Gasteiger partial charge on any atom is -0.454 e. The van der Waals surface area contributed by atoms with Crippen LogP contribution in [-0.2, 0) is 11.3 Å². The summed E-state index contributed by atoms with van der Waals surface area (Å²) in [6, 6.07) is 11.6. The monoisotopic (exact) mass is 434 g/mol. The number of rotatable bonds is 5. The molecule has 9 nitrogen and oxygen atoms in total. The van der Waals surface area contributed by atoms with E-state index in [9.17, 15) is 4.79 Å². The molecule has 5 rings (SSSR count). The van der Waals surface area contributed by atoms with Crippen LogP contribution in [-0.4, -0.2) is 45.8 Å². The largest absolute Gasteiger partial charge is 0.454 e. The van der Waals surface area contributed by atoms with Gasteiger partial charge in [-0.3, -0.25) is 4.79 Å². The van der Waals surface area contributed by atoms with Crippen LogP contribution in [0.15, 0.2) is 36.4 Å². The fourth-order valence-electron chi connectivity index (χ4n) is 4.24. The van der Waals surface area contributed by atoms with E-state index in [1.165, 1.54) is 0 Å². The maximum Gasteiger partial charge on any atom is 0.231 e. The molecule has 2 aliphatic heterocycles. The molecule has 1 N–H and O–H groups in total. The Kier molecular flexibility index (Phi) is 5.38. The van der Waals surface area contributed by atoms with E-state index in [0.29, 0.717) is 18.9 Å². The van der Waals surface area contributed by atoms with Crippen molar-refractivity contribution in [1.82, 2.24) is 25.3 Å². The van der Waals surface area contributed by atoms with Crippen LogP contribution in [0.1, 0.15) is 29.8 Å². The van der Waals surface area contributed by atoms with Crippen molar-refractivity contribution in [2.24, 2.45) is 5.92 Å². The number of carbonyl (C=O) groups excluding carboxylic acids is 1. The summed E-state index contributed by atoms with van der Waals surface area (Å²) in [7, 11) is 0. The van der Waals surface area contributed by atoms with Crippen molar-refractivity contribution < 1.29 is 14.3 Å². The summed E-state index contributed by atoms with van der Waals surface area (Å²) in [5.41, 5.74) is 2.95. The maximum atomic E-state index is 12.8. The fraction of sp³-hybridized carbons (Fsp3) is 0.391. The van der Waals surface area contributed by atoms with Gasteiger partial charge in [0.15, 0.2) is 23.1 Å². The van der Waals surface area contributed by atoms with Gasteiger partial charge in [0.25, 0.3) is 0 Å². The average Bonchev–Trinajstić information content (AvgIpc) is 3.42.